The lowest BCUT2D eigenvalue weighted by molar-refractivity contribution is -0.120. The fourth-order valence-corrected chi connectivity index (χ4v) is 4.41. The van der Waals surface area contributed by atoms with E-state index in [1.54, 1.807) is 18.5 Å². The first kappa shape index (κ1) is 19.3. The molecule has 1 amide bonds. The van der Waals surface area contributed by atoms with Gasteiger partial charge >= 0.3 is 0 Å². The van der Waals surface area contributed by atoms with E-state index in [4.69, 9.17) is 5.73 Å². The Balaban J connectivity index is 1.39. The molecule has 1 aromatic carbocycles. The molecule has 29 heavy (non-hydrogen) atoms. The maximum atomic E-state index is 12.6. The number of nitrogen functional groups attached to an aromatic ring is 1. The number of hydrogen-bond donors (Lipinski definition) is 2. The highest BCUT2D eigenvalue weighted by atomic mass is 32.2. The summed E-state index contributed by atoms with van der Waals surface area (Å²) in [7, 11) is -3.25. The van der Waals surface area contributed by atoms with Crippen molar-refractivity contribution in [2.24, 2.45) is 5.92 Å². The van der Waals surface area contributed by atoms with Gasteiger partial charge in [-0.1, -0.05) is 0 Å². The number of imidazole rings is 1. The first-order valence-corrected chi connectivity index (χ1v) is 11.3. The molecule has 0 atom stereocenters. The standard InChI is InChI=1S/C19H22N6O3S/c1-29(27,28)15-8-4-13(5-9-15)24-19(26)12-2-6-14(7-3-12)25-11-23-16-17(20)21-10-22-18(16)25/h4-5,8-12,14H,2-3,6-7H2,1H3,(H,24,26)(H2,20,21,22). The van der Waals surface area contributed by atoms with Crippen LogP contribution in [-0.4, -0.2) is 40.1 Å². The smallest absolute Gasteiger partial charge is 0.227 e. The predicted molar refractivity (Wildman–Crippen MR) is 109 cm³/mol. The SMILES string of the molecule is CS(=O)(=O)c1ccc(NC(=O)C2CCC(n3cnc4c(N)ncnc43)CC2)cc1. The zero-order chi connectivity index (χ0) is 20.6. The highest BCUT2D eigenvalue weighted by Gasteiger charge is 2.28. The van der Waals surface area contributed by atoms with Gasteiger partial charge in [-0.3, -0.25) is 4.79 Å². The maximum absolute atomic E-state index is 12.6. The van der Waals surface area contributed by atoms with Gasteiger partial charge in [-0.05, 0) is 49.9 Å². The molecule has 1 fully saturated rings. The fourth-order valence-electron chi connectivity index (χ4n) is 3.78. The Bertz CT molecular complexity index is 1150. The number of fused-ring (bicyclic) bond motifs is 1. The summed E-state index contributed by atoms with van der Waals surface area (Å²) in [5.41, 5.74) is 7.77. The summed E-state index contributed by atoms with van der Waals surface area (Å²) in [6.07, 6.45) is 7.49. The van der Waals surface area contributed by atoms with E-state index in [1.807, 2.05) is 4.57 Å². The van der Waals surface area contributed by atoms with Gasteiger partial charge in [0, 0.05) is 23.9 Å². The van der Waals surface area contributed by atoms with E-state index in [9.17, 15) is 13.2 Å². The second kappa shape index (κ2) is 7.43. The molecule has 1 aliphatic rings. The molecule has 0 radical (unpaired) electrons. The number of sulfone groups is 1. The van der Waals surface area contributed by atoms with Crippen molar-refractivity contribution in [1.82, 2.24) is 19.5 Å². The molecule has 10 heteroatoms. The van der Waals surface area contributed by atoms with E-state index in [2.05, 4.69) is 20.3 Å². The van der Waals surface area contributed by atoms with Crippen molar-refractivity contribution in [2.75, 3.05) is 17.3 Å². The van der Waals surface area contributed by atoms with E-state index in [1.165, 1.54) is 18.5 Å². The highest BCUT2D eigenvalue weighted by Crippen LogP contribution is 2.34. The number of benzene rings is 1. The molecule has 1 aliphatic carbocycles. The molecule has 0 aliphatic heterocycles. The normalized spacial score (nSPS) is 19.9. The van der Waals surface area contributed by atoms with Crippen molar-refractivity contribution in [3.05, 3.63) is 36.9 Å². The maximum Gasteiger partial charge on any atom is 0.227 e. The van der Waals surface area contributed by atoms with Gasteiger partial charge in [0.2, 0.25) is 5.91 Å². The molecule has 0 unspecified atom stereocenters. The van der Waals surface area contributed by atoms with Crippen molar-refractivity contribution < 1.29 is 13.2 Å². The summed E-state index contributed by atoms with van der Waals surface area (Å²) in [4.78, 5) is 25.4. The van der Waals surface area contributed by atoms with Crippen molar-refractivity contribution in [2.45, 2.75) is 36.6 Å². The van der Waals surface area contributed by atoms with Crippen molar-refractivity contribution in [3.8, 4) is 0 Å². The second-order valence-electron chi connectivity index (χ2n) is 7.37. The number of rotatable bonds is 4. The minimum atomic E-state index is -3.25. The van der Waals surface area contributed by atoms with Crippen LogP contribution in [-0.2, 0) is 14.6 Å². The quantitative estimate of drug-likeness (QED) is 0.668. The average molecular weight is 414 g/mol. The first-order chi connectivity index (χ1) is 13.8. The van der Waals surface area contributed by atoms with Crippen LogP contribution < -0.4 is 11.1 Å². The van der Waals surface area contributed by atoms with Gasteiger partial charge in [0.05, 0.1) is 11.2 Å². The number of amides is 1. The Morgan fingerprint density at radius 1 is 1.10 bits per heavy atom. The van der Waals surface area contributed by atoms with Gasteiger partial charge in [-0.15, -0.1) is 0 Å². The van der Waals surface area contributed by atoms with Crippen LogP contribution in [0.1, 0.15) is 31.7 Å². The number of aromatic nitrogens is 4. The summed E-state index contributed by atoms with van der Waals surface area (Å²) in [6, 6.07) is 6.44. The molecule has 0 saturated heterocycles. The number of nitrogens with one attached hydrogen (secondary N) is 1. The minimum absolute atomic E-state index is 0.0439. The predicted octanol–water partition coefficient (Wildman–Crippen LogP) is 2.18. The summed E-state index contributed by atoms with van der Waals surface area (Å²) in [5.74, 6) is 0.233. The Morgan fingerprint density at radius 2 is 1.79 bits per heavy atom. The van der Waals surface area contributed by atoms with Gasteiger partial charge in [0.15, 0.2) is 21.3 Å². The lowest BCUT2D eigenvalue weighted by Crippen LogP contribution is -2.28. The van der Waals surface area contributed by atoms with Crippen LogP contribution in [0, 0.1) is 5.92 Å². The fraction of sp³-hybridized carbons (Fsp3) is 0.368. The number of hydrogen-bond acceptors (Lipinski definition) is 7. The number of carbonyl (C=O) groups excluding carboxylic acids is 1. The summed E-state index contributed by atoms with van der Waals surface area (Å²) < 4.78 is 25.1. The minimum Gasteiger partial charge on any atom is -0.382 e. The number of carbonyl (C=O) groups is 1. The molecule has 152 valence electrons. The van der Waals surface area contributed by atoms with Gasteiger partial charge in [-0.2, -0.15) is 0 Å². The van der Waals surface area contributed by atoms with E-state index >= 15 is 0 Å². The highest BCUT2D eigenvalue weighted by molar-refractivity contribution is 7.90. The van der Waals surface area contributed by atoms with Crippen molar-refractivity contribution in [3.63, 3.8) is 0 Å². The van der Waals surface area contributed by atoms with Crippen molar-refractivity contribution in [1.29, 1.82) is 0 Å². The van der Waals surface area contributed by atoms with Crippen LogP contribution in [0.2, 0.25) is 0 Å². The van der Waals surface area contributed by atoms with E-state index in [0.717, 1.165) is 37.6 Å². The molecule has 3 N–H and O–H groups in total. The number of anilines is 2. The van der Waals surface area contributed by atoms with Gasteiger partial charge < -0.3 is 15.6 Å². The van der Waals surface area contributed by atoms with Crippen LogP contribution in [0.25, 0.3) is 11.2 Å². The van der Waals surface area contributed by atoms with E-state index in [0.29, 0.717) is 17.0 Å². The van der Waals surface area contributed by atoms with Gasteiger partial charge in [-0.25, -0.2) is 23.4 Å². The molecule has 1 saturated carbocycles. The number of nitrogens with zero attached hydrogens (tertiary/aromatic N) is 4. The molecule has 2 heterocycles. The second-order valence-corrected chi connectivity index (χ2v) is 9.39. The van der Waals surface area contributed by atoms with Crippen LogP contribution in [0.4, 0.5) is 11.5 Å². The summed E-state index contributed by atoms with van der Waals surface area (Å²) in [5, 5.41) is 2.89. The zero-order valence-corrected chi connectivity index (χ0v) is 16.8. The third-order valence-electron chi connectivity index (χ3n) is 5.40. The molecule has 4 rings (SSSR count). The van der Waals surface area contributed by atoms with Crippen LogP contribution in [0.3, 0.4) is 0 Å². The Hall–Kier alpha value is -3.01. The van der Waals surface area contributed by atoms with E-state index in [-0.39, 0.29) is 22.8 Å². The topological polar surface area (TPSA) is 133 Å². The van der Waals surface area contributed by atoms with Crippen molar-refractivity contribution >= 4 is 38.4 Å². The Morgan fingerprint density at radius 3 is 2.45 bits per heavy atom. The molecular weight excluding hydrogens is 392 g/mol. The molecule has 0 bridgehead atoms. The Kier molecular flexibility index (Phi) is 4.95. The molecular formula is C19H22N6O3S. The Labute approximate surface area is 168 Å². The molecule has 3 aromatic rings. The third kappa shape index (κ3) is 3.93. The molecule has 0 spiro atoms. The number of nitrogens with two attached hydrogens (primary N) is 1. The van der Waals surface area contributed by atoms with Gasteiger partial charge in [0.25, 0.3) is 0 Å². The van der Waals surface area contributed by atoms with E-state index < -0.39 is 9.84 Å². The van der Waals surface area contributed by atoms with Crippen LogP contribution in [0.5, 0.6) is 0 Å². The average Bonchev–Trinajstić information content (AvgIpc) is 3.13. The largest absolute Gasteiger partial charge is 0.382 e. The molecule has 2 aromatic heterocycles. The lowest BCUT2D eigenvalue weighted by atomic mass is 9.85. The van der Waals surface area contributed by atoms with Gasteiger partial charge in [0.1, 0.15) is 11.8 Å². The third-order valence-corrected chi connectivity index (χ3v) is 6.53. The summed E-state index contributed by atoms with van der Waals surface area (Å²) in [6.45, 7) is 0. The monoisotopic (exact) mass is 414 g/mol. The molecule has 9 nitrogen and oxygen atoms in total. The lowest BCUT2D eigenvalue weighted by Gasteiger charge is -2.28. The zero-order valence-electron chi connectivity index (χ0n) is 15.9. The summed E-state index contributed by atoms with van der Waals surface area (Å²) >= 11 is 0. The van der Waals surface area contributed by atoms with Crippen LogP contribution >= 0.6 is 0 Å². The van der Waals surface area contributed by atoms with Crippen LogP contribution in [0.15, 0.2) is 41.8 Å². The first-order valence-electron chi connectivity index (χ1n) is 9.37.